The second-order valence-corrected chi connectivity index (χ2v) is 7.16. The molecule has 1 nitrogen and oxygen atoms in total. The fraction of sp³-hybridized carbons (Fsp3) is 0.0769. The van der Waals surface area contributed by atoms with Crippen molar-refractivity contribution < 1.29 is 5.11 Å². The van der Waals surface area contributed by atoms with Crippen molar-refractivity contribution in [1.82, 2.24) is 0 Å². The standard InChI is InChI=1S/C26H18O/c1-26(27,22-10-3-2-4-11-22)16-15-20-17-21-9-5-7-18-13-14-19-8-6-12-23(20)25(19)24(18)21/h2-14,17,27H,1H3. The van der Waals surface area contributed by atoms with Crippen molar-refractivity contribution in [3.8, 4) is 11.8 Å². The Morgan fingerprint density at radius 2 is 1.37 bits per heavy atom. The number of aliphatic hydroxyl groups is 1. The zero-order chi connectivity index (χ0) is 18.4. The van der Waals surface area contributed by atoms with E-state index in [0.29, 0.717) is 0 Å². The van der Waals surface area contributed by atoms with Gasteiger partial charge < -0.3 is 5.11 Å². The van der Waals surface area contributed by atoms with E-state index in [2.05, 4.69) is 66.4 Å². The molecule has 0 heterocycles. The van der Waals surface area contributed by atoms with Crippen LogP contribution in [-0.4, -0.2) is 5.11 Å². The lowest BCUT2D eigenvalue weighted by atomic mass is 9.91. The lowest BCUT2D eigenvalue weighted by Crippen LogP contribution is -2.18. The van der Waals surface area contributed by atoms with Crippen molar-refractivity contribution >= 4 is 32.3 Å². The highest BCUT2D eigenvalue weighted by Gasteiger charge is 2.19. The van der Waals surface area contributed by atoms with Gasteiger partial charge in [0.15, 0.2) is 0 Å². The number of hydrogen-bond acceptors (Lipinski definition) is 1. The zero-order valence-corrected chi connectivity index (χ0v) is 15.0. The molecule has 0 aliphatic carbocycles. The van der Waals surface area contributed by atoms with Gasteiger partial charge >= 0.3 is 0 Å². The SMILES string of the molecule is CC(O)(C#Cc1cc2cccc3ccc4cccc1c4c32)c1ccccc1. The number of hydrogen-bond donors (Lipinski definition) is 1. The molecular formula is C26H18O. The van der Waals surface area contributed by atoms with Crippen LogP contribution < -0.4 is 0 Å². The van der Waals surface area contributed by atoms with Gasteiger partial charge in [-0.1, -0.05) is 90.7 Å². The molecule has 0 spiro atoms. The van der Waals surface area contributed by atoms with Crippen LogP contribution >= 0.6 is 0 Å². The Morgan fingerprint density at radius 1 is 0.704 bits per heavy atom. The Balaban J connectivity index is 1.78. The Bertz CT molecular complexity index is 1330. The average Bonchev–Trinajstić information content (AvgIpc) is 2.71. The maximum Gasteiger partial charge on any atom is 0.148 e. The summed E-state index contributed by atoms with van der Waals surface area (Å²) in [6.07, 6.45) is 0. The molecule has 0 amide bonds. The second kappa shape index (κ2) is 5.84. The van der Waals surface area contributed by atoms with Gasteiger partial charge in [0.25, 0.3) is 0 Å². The molecule has 0 aromatic heterocycles. The number of rotatable bonds is 1. The van der Waals surface area contributed by atoms with E-state index in [1.165, 1.54) is 26.9 Å². The predicted octanol–water partition coefficient (Wildman–Crippen LogP) is 5.84. The predicted molar refractivity (Wildman–Crippen MR) is 113 cm³/mol. The van der Waals surface area contributed by atoms with Gasteiger partial charge in [-0.3, -0.25) is 0 Å². The molecule has 128 valence electrons. The van der Waals surface area contributed by atoms with E-state index in [9.17, 15) is 5.11 Å². The molecule has 27 heavy (non-hydrogen) atoms. The molecule has 0 aliphatic heterocycles. The van der Waals surface area contributed by atoms with Crippen LogP contribution in [0.3, 0.4) is 0 Å². The van der Waals surface area contributed by atoms with Gasteiger partial charge in [-0.2, -0.15) is 0 Å². The van der Waals surface area contributed by atoms with E-state index in [0.717, 1.165) is 16.5 Å². The highest BCUT2D eigenvalue weighted by Crippen LogP contribution is 2.36. The molecule has 0 bridgehead atoms. The van der Waals surface area contributed by atoms with Crippen molar-refractivity contribution in [2.45, 2.75) is 12.5 Å². The maximum atomic E-state index is 10.9. The molecule has 5 aromatic carbocycles. The van der Waals surface area contributed by atoms with Gasteiger partial charge in [-0.15, -0.1) is 0 Å². The van der Waals surface area contributed by atoms with Crippen LogP contribution in [-0.2, 0) is 5.60 Å². The van der Waals surface area contributed by atoms with Crippen LogP contribution in [0.25, 0.3) is 32.3 Å². The molecule has 0 saturated heterocycles. The summed E-state index contributed by atoms with van der Waals surface area (Å²) in [5.41, 5.74) is 0.552. The summed E-state index contributed by atoms with van der Waals surface area (Å²) < 4.78 is 0. The highest BCUT2D eigenvalue weighted by atomic mass is 16.3. The van der Waals surface area contributed by atoms with Crippen LogP contribution in [0, 0.1) is 11.8 Å². The largest absolute Gasteiger partial charge is 0.374 e. The molecule has 5 rings (SSSR count). The smallest absolute Gasteiger partial charge is 0.148 e. The molecule has 5 aromatic rings. The molecule has 0 radical (unpaired) electrons. The lowest BCUT2D eigenvalue weighted by molar-refractivity contribution is 0.122. The first-order valence-electron chi connectivity index (χ1n) is 9.11. The van der Waals surface area contributed by atoms with Crippen molar-refractivity contribution in [2.24, 2.45) is 0 Å². The van der Waals surface area contributed by atoms with E-state index < -0.39 is 5.60 Å². The first-order chi connectivity index (χ1) is 13.1. The maximum absolute atomic E-state index is 10.9. The van der Waals surface area contributed by atoms with E-state index in [-0.39, 0.29) is 0 Å². The van der Waals surface area contributed by atoms with E-state index in [1.807, 2.05) is 30.3 Å². The average molecular weight is 346 g/mol. The molecule has 0 fully saturated rings. The molecule has 1 unspecified atom stereocenters. The molecule has 0 aliphatic rings. The third kappa shape index (κ3) is 2.54. The summed E-state index contributed by atoms with van der Waals surface area (Å²) >= 11 is 0. The topological polar surface area (TPSA) is 20.2 Å². The van der Waals surface area contributed by atoms with Crippen LogP contribution in [0.1, 0.15) is 18.1 Å². The fourth-order valence-electron chi connectivity index (χ4n) is 3.89. The fourth-order valence-corrected chi connectivity index (χ4v) is 3.89. The van der Waals surface area contributed by atoms with Gasteiger partial charge in [0.2, 0.25) is 0 Å². The van der Waals surface area contributed by atoms with Crippen LogP contribution in [0.2, 0.25) is 0 Å². The lowest BCUT2D eigenvalue weighted by Gasteiger charge is -2.17. The van der Waals surface area contributed by atoms with Crippen molar-refractivity contribution in [2.75, 3.05) is 0 Å². The summed E-state index contributed by atoms with van der Waals surface area (Å²) in [5, 5.41) is 18.2. The molecule has 1 atom stereocenters. The first-order valence-corrected chi connectivity index (χ1v) is 9.11. The van der Waals surface area contributed by atoms with Crippen molar-refractivity contribution in [3.63, 3.8) is 0 Å². The minimum absolute atomic E-state index is 0.801. The summed E-state index contributed by atoms with van der Waals surface area (Å²) in [6, 6.07) is 28.8. The van der Waals surface area contributed by atoms with Gasteiger partial charge in [-0.25, -0.2) is 0 Å². The molecular weight excluding hydrogens is 328 g/mol. The minimum Gasteiger partial charge on any atom is -0.374 e. The Kier molecular flexibility index (Phi) is 3.44. The summed E-state index contributed by atoms with van der Waals surface area (Å²) in [4.78, 5) is 0. The second-order valence-electron chi connectivity index (χ2n) is 7.16. The quantitative estimate of drug-likeness (QED) is 0.298. The van der Waals surface area contributed by atoms with Crippen LogP contribution in [0.5, 0.6) is 0 Å². The van der Waals surface area contributed by atoms with Gasteiger partial charge in [-0.05, 0) is 50.9 Å². The van der Waals surface area contributed by atoms with Crippen molar-refractivity contribution in [3.05, 3.63) is 96.1 Å². The summed E-state index contributed by atoms with van der Waals surface area (Å²) in [6.45, 7) is 1.74. The van der Waals surface area contributed by atoms with E-state index in [4.69, 9.17) is 0 Å². The summed E-state index contributed by atoms with van der Waals surface area (Å²) in [7, 11) is 0. The zero-order valence-electron chi connectivity index (χ0n) is 15.0. The van der Waals surface area contributed by atoms with Crippen LogP contribution in [0.15, 0.2) is 84.9 Å². The minimum atomic E-state index is -1.20. The highest BCUT2D eigenvalue weighted by molar-refractivity contribution is 6.24. The normalized spacial score (nSPS) is 13.6. The molecule has 0 saturated carbocycles. The molecule has 1 heteroatoms. The van der Waals surface area contributed by atoms with E-state index in [1.54, 1.807) is 6.92 Å². The van der Waals surface area contributed by atoms with E-state index >= 15 is 0 Å². The van der Waals surface area contributed by atoms with Crippen LogP contribution in [0.4, 0.5) is 0 Å². The summed E-state index contributed by atoms with van der Waals surface area (Å²) in [5.74, 6) is 6.35. The Labute approximate surface area is 158 Å². The number of benzene rings is 5. The Hall–Kier alpha value is -3.34. The van der Waals surface area contributed by atoms with Gasteiger partial charge in [0, 0.05) is 5.56 Å². The monoisotopic (exact) mass is 346 g/mol. The van der Waals surface area contributed by atoms with Gasteiger partial charge in [0.1, 0.15) is 5.60 Å². The van der Waals surface area contributed by atoms with Gasteiger partial charge in [0.05, 0.1) is 0 Å². The molecule has 1 N–H and O–H groups in total. The van der Waals surface area contributed by atoms with Crippen molar-refractivity contribution in [1.29, 1.82) is 0 Å². The first kappa shape index (κ1) is 15.9. The Morgan fingerprint density at radius 3 is 2.15 bits per heavy atom. The third-order valence-electron chi connectivity index (χ3n) is 5.28. The third-order valence-corrected chi connectivity index (χ3v) is 5.28.